The maximum Gasteiger partial charge on any atom is 0.416 e. The van der Waals surface area contributed by atoms with E-state index in [1.54, 1.807) is 74.5 Å². The average Bonchev–Trinajstić information content (AvgIpc) is 2.89. The summed E-state index contributed by atoms with van der Waals surface area (Å²) in [5.41, 5.74) is -8.30. The molecule has 0 spiro atoms. The quantitative estimate of drug-likeness (QED) is 0.209. The van der Waals surface area contributed by atoms with Crippen LogP contribution in [0.5, 0.6) is 0 Å². The van der Waals surface area contributed by atoms with E-state index < -0.39 is 68.7 Å². The Labute approximate surface area is 219 Å². The molecular formula is C29H23F6NO3. The second-order valence-corrected chi connectivity index (χ2v) is 9.57. The minimum atomic E-state index is -5.14. The topological polar surface area (TPSA) is 66.4 Å². The molecule has 0 fully saturated rings. The van der Waals surface area contributed by atoms with E-state index >= 15 is 0 Å². The highest BCUT2D eigenvalue weighted by molar-refractivity contribution is 5.83. The fourth-order valence-corrected chi connectivity index (χ4v) is 4.72. The van der Waals surface area contributed by atoms with Gasteiger partial charge < -0.3 is 10.4 Å². The van der Waals surface area contributed by atoms with E-state index in [1.807, 2.05) is 0 Å². The van der Waals surface area contributed by atoms with Crippen LogP contribution in [0.1, 0.15) is 36.1 Å². The fourth-order valence-electron chi connectivity index (χ4n) is 4.72. The Hall–Kier alpha value is -3.92. The van der Waals surface area contributed by atoms with Gasteiger partial charge in [0.25, 0.3) is 0 Å². The Morgan fingerprint density at radius 2 is 1.10 bits per heavy atom. The summed E-state index contributed by atoms with van der Waals surface area (Å²) in [5, 5.41) is 15.0. The van der Waals surface area contributed by atoms with Crippen molar-refractivity contribution in [2.24, 2.45) is 5.92 Å². The number of rotatable bonds is 7. The molecular weight excluding hydrogens is 524 g/mol. The lowest BCUT2D eigenvalue weighted by atomic mass is 9.75. The van der Waals surface area contributed by atoms with E-state index in [-0.39, 0.29) is 6.07 Å². The van der Waals surface area contributed by atoms with Crippen molar-refractivity contribution in [3.63, 3.8) is 0 Å². The molecule has 0 bridgehead atoms. The summed E-state index contributed by atoms with van der Waals surface area (Å²) in [6.45, 7) is 3.43. The lowest BCUT2D eigenvalue weighted by Gasteiger charge is -2.41. The molecule has 4 aromatic carbocycles. The SMILES string of the molecule is CC(C)[C@@H](Nc1c(-c2cc(C(F)(F)F)cc(C(F)(F)F)c2)c(=O)c1=O)C(O)(c1ccccc1)c1ccccc1. The summed E-state index contributed by atoms with van der Waals surface area (Å²) in [4.78, 5) is 25.2. The highest BCUT2D eigenvalue weighted by atomic mass is 19.4. The van der Waals surface area contributed by atoms with Crippen molar-refractivity contribution in [3.8, 4) is 11.1 Å². The van der Waals surface area contributed by atoms with E-state index in [0.717, 1.165) is 0 Å². The van der Waals surface area contributed by atoms with Gasteiger partial charge in [-0.2, -0.15) is 26.3 Å². The van der Waals surface area contributed by atoms with E-state index in [1.165, 1.54) is 0 Å². The molecule has 10 heteroatoms. The van der Waals surface area contributed by atoms with Crippen molar-refractivity contribution >= 4 is 5.69 Å². The third-order valence-corrected chi connectivity index (χ3v) is 6.63. The average molecular weight is 547 g/mol. The molecule has 0 amide bonds. The Morgan fingerprint density at radius 1 is 0.667 bits per heavy atom. The Kier molecular flexibility index (Phi) is 7.20. The largest absolute Gasteiger partial charge is 0.416 e. The summed E-state index contributed by atoms with van der Waals surface area (Å²) < 4.78 is 80.7. The number of halogens is 6. The van der Waals surface area contributed by atoms with Crippen LogP contribution in [0.4, 0.5) is 32.0 Å². The maximum absolute atomic E-state index is 13.5. The van der Waals surface area contributed by atoms with Gasteiger partial charge >= 0.3 is 12.4 Å². The molecule has 0 aliphatic rings. The van der Waals surface area contributed by atoms with E-state index in [2.05, 4.69) is 5.32 Å². The monoisotopic (exact) mass is 547 g/mol. The summed E-state index contributed by atoms with van der Waals surface area (Å²) >= 11 is 0. The van der Waals surface area contributed by atoms with Crippen LogP contribution in [0.25, 0.3) is 11.1 Å². The number of hydrogen-bond donors (Lipinski definition) is 2. The Balaban J connectivity index is 1.89. The summed E-state index contributed by atoms with van der Waals surface area (Å²) in [6.07, 6.45) is -10.3. The minimum Gasteiger partial charge on any atom is -0.378 e. The molecule has 0 radical (unpaired) electrons. The number of nitrogens with one attached hydrogen (secondary N) is 1. The van der Waals surface area contributed by atoms with E-state index in [4.69, 9.17) is 0 Å². The van der Waals surface area contributed by atoms with Crippen LogP contribution in [0.15, 0.2) is 88.5 Å². The molecule has 0 aliphatic heterocycles. The first kappa shape index (κ1) is 28.1. The molecule has 0 saturated carbocycles. The van der Waals surface area contributed by atoms with Crippen LogP contribution in [-0.2, 0) is 18.0 Å². The number of hydrogen-bond acceptors (Lipinski definition) is 4. The molecule has 0 saturated heterocycles. The van der Waals surface area contributed by atoms with Crippen LogP contribution in [0.2, 0.25) is 0 Å². The van der Waals surface area contributed by atoms with Gasteiger partial charge in [-0.05, 0) is 40.8 Å². The number of anilines is 1. The first-order chi connectivity index (χ1) is 18.2. The van der Waals surface area contributed by atoms with Crippen molar-refractivity contribution in [2.75, 3.05) is 5.32 Å². The Bertz CT molecular complexity index is 1460. The third kappa shape index (κ3) is 5.21. The third-order valence-electron chi connectivity index (χ3n) is 6.63. The zero-order chi connectivity index (χ0) is 28.8. The molecule has 4 nitrogen and oxygen atoms in total. The molecule has 39 heavy (non-hydrogen) atoms. The van der Waals surface area contributed by atoms with Crippen LogP contribution < -0.4 is 16.2 Å². The van der Waals surface area contributed by atoms with Gasteiger partial charge in [0.05, 0.1) is 28.4 Å². The van der Waals surface area contributed by atoms with Crippen molar-refractivity contribution < 1.29 is 31.4 Å². The predicted molar refractivity (Wildman–Crippen MR) is 135 cm³/mol. The van der Waals surface area contributed by atoms with Crippen molar-refractivity contribution in [1.82, 2.24) is 0 Å². The molecule has 4 rings (SSSR count). The summed E-state index contributed by atoms with van der Waals surface area (Å²) in [5.74, 6) is -0.445. The second-order valence-electron chi connectivity index (χ2n) is 9.57. The van der Waals surface area contributed by atoms with Gasteiger partial charge in [0.2, 0.25) is 10.9 Å². The summed E-state index contributed by atoms with van der Waals surface area (Å²) in [6, 6.07) is 16.5. The minimum absolute atomic E-state index is 0.0530. The molecule has 0 aromatic heterocycles. The molecule has 0 aliphatic carbocycles. The lowest BCUT2D eigenvalue weighted by Crippen LogP contribution is -2.51. The van der Waals surface area contributed by atoms with Crippen LogP contribution in [-0.4, -0.2) is 11.1 Å². The van der Waals surface area contributed by atoms with Gasteiger partial charge in [-0.3, -0.25) is 9.59 Å². The zero-order valence-electron chi connectivity index (χ0n) is 20.7. The molecule has 1 atom stereocenters. The van der Waals surface area contributed by atoms with Gasteiger partial charge in [0, 0.05) is 0 Å². The van der Waals surface area contributed by atoms with Gasteiger partial charge in [0.1, 0.15) is 5.60 Å². The molecule has 0 heterocycles. The van der Waals surface area contributed by atoms with E-state index in [0.29, 0.717) is 23.3 Å². The first-order valence-corrected chi connectivity index (χ1v) is 11.9. The normalized spacial score (nSPS) is 13.6. The van der Waals surface area contributed by atoms with E-state index in [9.17, 15) is 41.0 Å². The molecule has 204 valence electrons. The van der Waals surface area contributed by atoms with Crippen LogP contribution in [0, 0.1) is 5.92 Å². The molecule has 0 unspecified atom stereocenters. The van der Waals surface area contributed by atoms with Gasteiger partial charge in [-0.1, -0.05) is 74.5 Å². The maximum atomic E-state index is 13.5. The molecule has 2 N–H and O–H groups in total. The van der Waals surface area contributed by atoms with Crippen LogP contribution >= 0.6 is 0 Å². The van der Waals surface area contributed by atoms with Crippen LogP contribution in [0.3, 0.4) is 0 Å². The summed E-state index contributed by atoms with van der Waals surface area (Å²) in [7, 11) is 0. The lowest BCUT2D eigenvalue weighted by molar-refractivity contribution is -0.143. The van der Waals surface area contributed by atoms with Crippen molar-refractivity contribution in [1.29, 1.82) is 0 Å². The Morgan fingerprint density at radius 3 is 1.49 bits per heavy atom. The molecule has 4 aromatic rings. The predicted octanol–water partition coefficient (Wildman–Crippen LogP) is 6.36. The number of benzene rings is 3. The standard InChI is InChI=1S/C29H23F6NO3/c1-16(2)26(27(39,18-9-5-3-6-10-18)19-11-7-4-8-12-19)36-23-22(24(37)25(23)38)17-13-20(28(30,31)32)15-21(14-17)29(33,34)35/h3-16,26,36,39H,1-2H3/t26-/m1/s1. The fraction of sp³-hybridized carbons (Fsp3) is 0.241. The van der Waals surface area contributed by atoms with Crippen molar-refractivity contribution in [2.45, 2.75) is 37.8 Å². The second kappa shape index (κ2) is 10.00. The highest BCUT2D eigenvalue weighted by Gasteiger charge is 2.44. The zero-order valence-corrected chi connectivity index (χ0v) is 20.7. The number of alkyl halides is 6. The van der Waals surface area contributed by atoms with Gasteiger partial charge in [-0.15, -0.1) is 0 Å². The van der Waals surface area contributed by atoms with Crippen molar-refractivity contribution in [3.05, 3.63) is 122 Å². The first-order valence-electron chi connectivity index (χ1n) is 11.9. The smallest absolute Gasteiger partial charge is 0.378 e. The highest BCUT2D eigenvalue weighted by Crippen LogP contribution is 2.41. The number of aliphatic hydroxyl groups is 1. The van der Waals surface area contributed by atoms with Gasteiger partial charge in [-0.25, -0.2) is 0 Å². The van der Waals surface area contributed by atoms with Gasteiger partial charge in [0.15, 0.2) is 0 Å².